The molecular formula is C26H29NO10. The Balaban J connectivity index is 1.66. The quantitative estimate of drug-likeness (QED) is 0.315. The number of rotatable bonds is 7. The van der Waals surface area contributed by atoms with E-state index >= 15 is 0 Å². The van der Waals surface area contributed by atoms with Crippen molar-refractivity contribution in [3.8, 4) is 5.75 Å². The number of carbonyl (C=O) groups excluding carboxylic acids is 1. The SMILES string of the molecule is CO[C@@H]1[C@@H](OC(=O)c2ccc(C)[nH]2)[C@@H](O)[C@H](Oc2ccc3c(CC(=O)O)cc(=O)oc3c2C)OC1(C)C. The summed E-state index contributed by atoms with van der Waals surface area (Å²) in [6, 6.07) is 7.58. The molecule has 11 heteroatoms. The number of methoxy groups -OCH3 is 1. The van der Waals surface area contributed by atoms with Gasteiger partial charge in [-0.15, -0.1) is 0 Å². The summed E-state index contributed by atoms with van der Waals surface area (Å²) < 4.78 is 28.6. The Morgan fingerprint density at radius 3 is 2.51 bits per heavy atom. The van der Waals surface area contributed by atoms with Gasteiger partial charge in [0.2, 0.25) is 6.29 Å². The molecule has 3 N–H and O–H groups in total. The lowest BCUT2D eigenvalue weighted by molar-refractivity contribution is -0.305. The molecule has 198 valence electrons. The third kappa shape index (κ3) is 5.24. The summed E-state index contributed by atoms with van der Waals surface area (Å²) in [6.45, 7) is 6.86. The summed E-state index contributed by atoms with van der Waals surface area (Å²) in [6.07, 6.45) is -5.05. The van der Waals surface area contributed by atoms with E-state index < -0.39 is 47.8 Å². The maximum Gasteiger partial charge on any atom is 0.355 e. The number of aliphatic hydroxyl groups is 1. The van der Waals surface area contributed by atoms with Crippen LogP contribution in [-0.4, -0.2) is 64.4 Å². The second-order valence-electron chi connectivity index (χ2n) is 9.51. The zero-order chi connectivity index (χ0) is 27.1. The molecule has 0 saturated carbocycles. The number of aromatic nitrogens is 1. The predicted molar refractivity (Wildman–Crippen MR) is 130 cm³/mol. The Hall–Kier alpha value is -3.67. The van der Waals surface area contributed by atoms with Crippen LogP contribution in [0.5, 0.6) is 5.75 Å². The number of benzene rings is 1. The maximum absolute atomic E-state index is 12.8. The molecule has 0 radical (unpaired) electrons. The highest BCUT2D eigenvalue weighted by molar-refractivity contribution is 5.88. The summed E-state index contributed by atoms with van der Waals surface area (Å²) in [5.74, 6) is -1.54. The fourth-order valence-corrected chi connectivity index (χ4v) is 4.59. The molecule has 3 heterocycles. The van der Waals surface area contributed by atoms with Gasteiger partial charge in [-0.25, -0.2) is 9.59 Å². The Labute approximate surface area is 211 Å². The molecule has 4 rings (SSSR count). The van der Waals surface area contributed by atoms with Crippen LogP contribution in [0, 0.1) is 13.8 Å². The molecule has 1 fully saturated rings. The van der Waals surface area contributed by atoms with Crippen molar-refractivity contribution >= 4 is 22.9 Å². The fourth-order valence-electron chi connectivity index (χ4n) is 4.59. The second kappa shape index (κ2) is 10.0. The van der Waals surface area contributed by atoms with Crippen LogP contribution >= 0.6 is 0 Å². The summed E-state index contributed by atoms with van der Waals surface area (Å²) in [7, 11) is 1.42. The van der Waals surface area contributed by atoms with Gasteiger partial charge < -0.3 is 38.6 Å². The molecule has 1 saturated heterocycles. The van der Waals surface area contributed by atoms with Gasteiger partial charge in [0.1, 0.15) is 23.1 Å². The molecule has 0 unspecified atom stereocenters. The van der Waals surface area contributed by atoms with E-state index in [4.69, 9.17) is 23.4 Å². The van der Waals surface area contributed by atoms with Crippen LogP contribution in [0.3, 0.4) is 0 Å². The van der Waals surface area contributed by atoms with Crippen LogP contribution in [0.4, 0.5) is 0 Å². The highest BCUT2D eigenvalue weighted by atomic mass is 16.7. The molecule has 37 heavy (non-hydrogen) atoms. The zero-order valence-corrected chi connectivity index (χ0v) is 21.1. The predicted octanol–water partition coefficient (Wildman–Crippen LogP) is 2.48. The monoisotopic (exact) mass is 515 g/mol. The lowest BCUT2D eigenvalue weighted by atomic mass is 9.89. The molecule has 3 aromatic rings. The highest BCUT2D eigenvalue weighted by Gasteiger charge is 2.53. The summed E-state index contributed by atoms with van der Waals surface area (Å²) >= 11 is 0. The van der Waals surface area contributed by atoms with Gasteiger partial charge in [0.25, 0.3) is 0 Å². The zero-order valence-electron chi connectivity index (χ0n) is 21.1. The first-order valence-corrected chi connectivity index (χ1v) is 11.6. The minimum absolute atomic E-state index is 0.158. The average Bonchev–Trinajstić information content (AvgIpc) is 3.25. The Bertz CT molecular complexity index is 1390. The molecule has 1 aliphatic rings. The van der Waals surface area contributed by atoms with Gasteiger partial charge >= 0.3 is 17.6 Å². The number of ether oxygens (including phenoxy) is 4. The first-order valence-electron chi connectivity index (χ1n) is 11.6. The van der Waals surface area contributed by atoms with Crippen molar-refractivity contribution in [2.75, 3.05) is 7.11 Å². The van der Waals surface area contributed by atoms with Crippen molar-refractivity contribution in [3.05, 3.63) is 63.3 Å². The van der Waals surface area contributed by atoms with Gasteiger partial charge in [-0.2, -0.15) is 0 Å². The number of H-pyrrole nitrogens is 1. The average molecular weight is 516 g/mol. The van der Waals surface area contributed by atoms with Crippen LogP contribution in [0.1, 0.15) is 41.2 Å². The van der Waals surface area contributed by atoms with Crippen LogP contribution in [0.15, 0.2) is 39.5 Å². The van der Waals surface area contributed by atoms with Crippen molar-refractivity contribution in [1.82, 2.24) is 4.98 Å². The van der Waals surface area contributed by atoms with Crippen molar-refractivity contribution in [1.29, 1.82) is 0 Å². The number of aliphatic carboxylic acids is 1. The number of carbonyl (C=O) groups is 2. The first kappa shape index (κ1) is 26.4. The minimum Gasteiger partial charge on any atom is -0.481 e. The first-order chi connectivity index (χ1) is 17.4. The Morgan fingerprint density at radius 1 is 1.16 bits per heavy atom. The molecular weight excluding hydrogens is 486 g/mol. The van der Waals surface area contributed by atoms with E-state index in [0.29, 0.717) is 16.5 Å². The lowest BCUT2D eigenvalue weighted by Gasteiger charge is -2.47. The fraction of sp³-hybridized carbons (Fsp3) is 0.423. The molecule has 11 nitrogen and oxygen atoms in total. The Morgan fingerprint density at radius 2 is 1.89 bits per heavy atom. The van der Waals surface area contributed by atoms with Gasteiger partial charge in [-0.3, -0.25) is 4.79 Å². The van der Waals surface area contributed by atoms with E-state index in [9.17, 15) is 24.6 Å². The smallest absolute Gasteiger partial charge is 0.355 e. The number of aryl methyl sites for hydroxylation is 2. The molecule has 2 aromatic heterocycles. The van der Waals surface area contributed by atoms with Crippen molar-refractivity contribution < 1.29 is 43.2 Å². The summed E-state index contributed by atoms with van der Waals surface area (Å²) in [5, 5.41) is 20.8. The van der Waals surface area contributed by atoms with E-state index in [1.165, 1.54) is 7.11 Å². The van der Waals surface area contributed by atoms with Gasteiger partial charge in [-0.1, -0.05) is 0 Å². The number of carboxylic acids is 1. The molecule has 0 amide bonds. The molecule has 0 aliphatic carbocycles. The number of hydrogen-bond acceptors (Lipinski definition) is 9. The third-order valence-electron chi connectivity index (χ3n) is 6.35. The van der Waals surface area contributed by atoms with E-state index in [2.05, 4.69) is 4.98 Å². The third-order valence-corrected chi connectivity index (χ3v) is 6.35. The second-order valence-corrected chi connectivity index (χ2v) is 9.51. The van der Waals surface area contributed by atoms with E-state index in [0.717, 1.165) is 11.8 Å². The Kier molecular flexibility index (Phi) is 7.13. The van der Waals surface area contributed by atoms with Gasteiger partial charge in [0.15, 0.2) is 12.2 Å². The number of nitrogens with one attached hydrogen (secondary N) is 1. The van der Waals surface area contributed by atoms with Crippen molar-refractivity contribution in [2.45, 2.75) is 64.3 Å². The molecule has 1 aliphatic heterocycles. The largest absolute Gasteiger partial charge is 0.481 e. The van der Waals surface area contributed by atoms with Crippen LogP contribution in [0.25, 0.3) is 11.0 Å². The number of esters is 1. The molecule has 0 bridgehead atoms. The van der Waals surface area contributed by atoms with E-state index in [1.54, 1.807) is 52.0 Å². The number of hydrogen-bond donors (Lipinski definition) is 3. The van der Waals surface area contributed by atoms with Crippen LogP contribution in [-0.2, 0) is 25.4 Å². The lowest BCUT2D eigenvalue weighted by Crippen LogP contribution is -2.65. The normalized spacial score (nSPS) is 23.1. The highest BCUT2D eigenvalue weighted by Crippen LogP contribution is 2.36. The topological polar surface area (TPSA) is 158 Å². The van der Waals surface area contributed by atoms with Crippen LogP contribution < -0.4 is 10.4 Å². The molecule has 1 aromatic carbocycles. The standard InChI is InChI=1S/C26H29NO10/c1-12-6-8-16(27-12)24(32)36-22-20(31)25(37-26(3,4)23(22)33-5)34-17-9-7-15-14(10-18(28)29)11-19(30)35-21(15)13(17)2/h6-9,11,20,22-23,25,27,31H,10H2,1-5H3,(H,28,29)/t20-,22+,23-,25-/m1/s1. The van der Waals surface area contributed by atoms with Crippen LogP contribution in [0.2, 0.25) is 0 Å². The number of carboxylic acid groups (broad SMARTS) is 1. The van der Waals surface area contributed by atoms with Gasteiger partial charge in [0, 0.05) is 29.8 Å². The summed E-state index contributed by atoms with van der Waals surface area (Å²) in [5.41, 5.74) is 0.117. The molecule has 4 atom stereocenters. The van der Waals surface area contributed by atoms with E-state index in [1.807, 2.05) is 0 Å². The maximum atomic E-state index is 12.8. The van der Waals surface area contributed by atoms with Gasteiger partial charge in [0.05, 0.1) is 12.0 Å². The molecule has 0 spiro atoms. The van der Waals surface area contributed by atoms with E-state index in [-0.39, 0.29) is 23.4 Å². The number of aromatic amines is 1. The van der Waals surface area contributed by atoms with Gasteiger partial charge in [-0.05, 0) is 57.5 Å². The number of fused-ring (bicyclic) bond motifs is 1. The van der Waals surface area contributed by atoms with Crippen molar-refractivity contribution in [2.24, 2.45) is 0 Å². The summed E-state index contributed by atoms with van der Waals surface area (Å²) in [4.78, 5) is 39.0. The van der Waals surface area contributed by atoms with Crippen molar-refractivity contribution in [3.63, 3.8) is 0 Å². The minimum atomic E-state index is -1.45. The number of aliphatic hydroxyl groups excluding tert-OH is 1.